The Hall–Kier alpha value is -3.08. The van der Waals surface area contributed by atoms with Crippen LogP contribution in [-0.2, 0) is 6.61 Å². The monoisotopic (exact) mass is 352 g/mol. The third-order valence-corrected chi connectivity index (χ3v) is 4.26. The summed E-state index contributed by atoms with van der Waals surface area (Å²) in [6.07, 6.45) is 1.58. The number of anilines is 1. The summed E-state index contributed by atoms with van der Waals surface area (Å²) in [6, 6.07) is 14.2. The lowest BCUT2D eigenvalue weighted by Gasteiger charge is -2.14. The molecule has 0 bridgehead atoms. The Kier molecular flexibility index (Phi) is 5.37. The fourth-order valence-electron chi connectivity index (χ4n) is 2.76. The Morgan fingerprint density at radius 1 is 1.12 bits per heavy atom. The number of nitrogens with zero attached hydrogens (tertiary/aromatic N) is 1. The fourth-order valence-corrected chi connectivity index (χ4v) is 2.76. The lowest BCUT2D eigenvalue weighted by atomic mass is 10.1. The Morgan fingerprint density at radius 3 is 2.65 bits per heavy atom. The average Bonchev–Trinajstić information content (AvgIpc) is 2.68. The first-order valence-corrected chi connectivity index (χ1v) is 8.31. The number of halogens is 1. The van der Waals surface area contributed by atoms with Gasteiger partial charge in [-0.15, -0.1) is 0 Å². The largest absolute Gasteiger partial charge is 0.489 e. The summed E-state index contributed by atoms with van der Waals surface area (Å²) in [5.41, 5.74) is 4.34. The molecule has 134 valence electrons. The van der Waals surface area contributed by atoms with E-state index in [1.807, 2.05) is 32.2 Å². The molecule has 0 spiro atoms. The molecule has 0 aliphatic heterocycles. The number of hydrogen-bond donors (Lipinski definition) is 1. The van der Waals surface area contributed by atoms with Gasteiger partial charge in [-0.2, -0.15) is 0 Å². The Bertz CT molecular complexity index is 895. The van der Waals surface area contributed by atoms with Gasteiger partial charge in [0.25, 0.3) is 0 Å². The number of rotatable bonds is 6. The Labute approximate surface area is 152 Å². The molecule has 2 aromatic carbocycles. The molecule has 5 heteroatoms. The summed E-state index contributed by atoms with van der Waals surface area (Å²) in [5, 5.41) is 3.17. The van der Waals surface area contributed by atoms with Crippen molar-refractivity contribution in [1.82, 2.24) is 4.98 Å². The van der Waals surface area contributed by atoms with Crippen molar-refractivity contribution < 1.29 is 13.9 Å². The average molecular weight is 352 g/mol. The third-order valence-electron chi connectivity index (χ3n) is 4.26. The van der Waals surface area contributed by atoms with Crippen LogP contribution in [0.5, 0.6) is 11.6 Å². The van der Waals surface area contributed by atoms with E-state index in [2.05, 4.69) is 10.3 Å². The van der Waals surface area contributed by atoms with Crippen LogP contribution in [-0.4, -0.2) is 19.1 Å². The summed E-state index contributed by atoms with van der Waals surface area (Å²) >= 11 is 0. The zero-order chi connectivity index (χ0) is 18.5. The van der Waals surface area contributed by atoms with Gasteiger partial charge in [-0.1, -0.05) is 12.1 Å². The highest BCUT2D eigenvalue weighted by molar-refractivity contribution is 5.65. The minimum absolute atomic E-state index is 0.323. The van der Waals surface area contributed by atoms with Gasteiger partial charge in [0, 0.05) is 41.7 Å². The van der Waals surface area contributed by atoms with Gasteiger partial charge in [0.2, 0.25) is 5.88 Å². The van der Waals surface area contributed by atoms with Gasteiger partial charge in [0.1, 0.15) is 18.2 Å². The predicted molar refractivity (Wildman–Crippen MR) is 101 cm³/mol. The van der Waals surface area contributed by atoms with E-state index < -0.39 is 0 Å². The standard InChI is InChI=1S/C21H21FN2O2/c1-14-5-4-6-20(23-2)18(14)13-26-16-8-9-19(22)17(11-16)15-7-10-21(25-3)24-12-15/h4-12,23H,13H2,1-3H3. The molecule has 1 aromatic heterocycles. The van der Waals surface area contributed by atoms with Crippen LogP contribution in [0.2, 0.25) is 0 Å². The van der Waals surface area contributed by atoms with Crippen molar-refractivity contribution in [3.8, 4) is 22.8 Å². The highest BCUT2D eigenvalue weighted by Crippen LogP contribution is 2.29. The van der Waals surface area contributed by atoms with E-state index in [4.69, 9.17) is 9.47 Å². The predicted octanol–water partition coefficient (Wildman–Crippen LogP) is 4.83. The molecule has 0 atom stereocenters. The second-order valence-corrected chi connectivity index (χ2v) is 5.87. The maximum absolute atomic E-state index is 14.3. The number of nitrogens with one attached hydrogen (secondary N) is 1. The van der Waals surface area contributed by atoms with Crippen molar-refractivity contribution in [1.29, 1.82) is 0 Å². The molecule has 0 saturated heterocycles. The minimum Gasteiger partial charge on any atom is -0.489 e. The quantitative estimate of drug-likeness (QED) is 0.690. The topological polar surface area (TPSA) is 43.4 Å². The molecule has 3 rings (SSSR count). The van der Waals surface area contributed by atoms with E-state index in [0.717, 1.165) is 16.8 Å². The summed E-state index contributed by atoms with van der Waals surface area (Å²) in [5.74, 6) is 0.763. The van der Waals surface area contributed by atoms with Crippen molar-refractivity contribution >= 4 is 5.69 Å². The van der Waals surface area contributed by atoms with Crippen LogP contribution < -0.4 is 14.8 Å². The van der Waals surface area contributed by atoms with Crippen LogP contribution >= 0.6 is 0 Å². The smallest absolute Gasteiger partial charge is 0.212 e. The van der Waals surface area contributed by atoms with E-state index in [0.29, 0.717) is 29.4 Å². The zero-order valence-corrected chi connectivity index (χ0v) is 15.0. The Morgan fingerprint density at radius 2 is 1.96 bits per heavy atom. The van der Waals surface area contributed by atoms with E-state index in [9.17, 15) is 4.39 Å². The molecule has 0 unspecified atom stereocenters. The molecule has 26 heavy (non-hydrogen) atoms. The van der Waals surface area contributed by atoms with Crippen molar-refractivity contribution in [2.45, 2.75) is 13.5 Å². The van der Waals surface area contributed by atoms with Crippen molar-refractivity contribution in [2.24, 2.45) is 0 Å². The number of aromatic nitrogens is 1. The molecular weight excluding hydrogens is 331 g/mol. The third kappa shape index (κ3) is 3.77. The summed E-state index contributed by atoms with van der Waals surface area (Å²) in [4.78, 5) is 4.13. The van der Waals surface area contributed by atoms with Crippen LogP contribution in [0.3, 0.4) is 0 Å². The normalized spacial score (nSPS) is 10.5. The maximum atomic E-state index is 14.3. The lowest BCUT2D eigenvalue weighted by molar-refractivity contribution is 0.306. The summed E-state index contributed by atoms with van der Waals surface area (Å²) in [6.45, 7) is 2.44. The lowest BCUT2D eigenvalue weighted by Crippen LogP contribution is -2.03. The fraction of sp³-hybridized carbons (Fsp3) is 0.190. The van der Waals surface area contributed by atoms with E-state index in [1.165, 1.54) is 6.07 Å². The van der Waals surface area contributed by atoms with Crippen molar-refractivity contribution in [3.63, 3.8) is 0 Å². The minimum atomic E-state index is -0.323. The van der Waals surface area contributed by atoms with Gasteiger partial charge in [0.15, 0.2) is 0 Å². The number of aryl methyl sites for hydroxylation is 1. The molecule has 0 aliphatic rings. The van der Waals surface area contributed by atoms with Gasteiger partial charge in [-0.05, 0) is 42.8 Å². The number of ether oxygens (including phenoxy) is 2. The maximum Gasteiger partial charge on any atom is 0.212 e. The molecule has 4 nitrogen and oxygen atoms in total. The van der Waals surface area contributed by atoms with E-state index in [1.54, 1.807) is 37.6 Å². The highest BCUT2D eigenvalue weighted by atomic mass is 19.1. The molecule has 3 aromatic rings. The number of pyridine rings is 1. The molecule has 0 radical (unpaired) electrons. The summed E-state index contributed by atoms with van der Waals surface area (Å²) in [7, 11) is 3.42. The van der Waals surface area contributed by atoms with Gasteiger partial charge < -0.3 is 14.8 Å². The molecular formula is C21H21FN2O2. The number of hydrogen-bond acceptors (Lipinski definition) is 4. The molecule has 0 aliphatic carbocycles. The molecule has 0 fully saturated rings. The van der Waals surface area contributed by atoms with E-state index in [-0.39, 0.29) is 5.82 Å². The number of benzene rings is 2. The van der Waals surface area contributed by atoms with Crippen LogP contribution in [0.1, 0.15) is 11.1 Å². The van der Waals surface area contributed by atoms with Gasteiger partial charge in [-0.25, -0.2) is 9.37 Å². The number of methoxy groups -OCH3 is 1. The van der Waals surface area contributed by atoms with Gasteiger partial charge >= 0.3 is 0 Å². The van der Waals surface area contributed by atoms with Crippen molar-refractivity contribution in [3.05, 3.63) is 71.7 Å². The van der Waals surface area contributed by atoms with Crippen LogP contribution in [0.15, 0.2) is 54.7 Å². The molecule has 1 N–H and O–H groups in total. The van der Waals surface area contributed by atoms with Crippen LogP contribution in [0.25, 0.3) is 11.1 Å². The first-order valence-electron chi connectivity index (χ1n) is 8.31. The van der Waals surface area contributed by atoms with Crippen LogP contribution in [0.4, 0.5) is 10.1 Å². The molecule has 1 heterocycles. The second-order valence-electron chi connectivity index (χ2n) is 5.87. The van der Waals surface area contributed by atoms with E-state index >= 15 is 0 Å². The molecule has 0 saturated carbocycles. The first kappa shape index (κ1) is 17.7. The van der Waals surface area contributed by atoms with Crippen LogP contribution in [0, 0.1) is 12.7 Å². The van der Waals surface area contributed by atoms with Crippen molar-refractivity contribution in [2.75, 3.05) is 19.5 Å². The second kappa shape index (κ2) is 7.87. The molecule has 0 amide bonds. The first-order chi connectivity index (χ1) is 12.6. The SMILES string of the molecule is CNc1cccc(C)c1COc1ccc(F)c(-c2ccc(OC)nc2)c1. The zero-order valence-electron chi connectivity index (χ0n) is 15.0. The highest BCUT2D eigenvalue weighted by Gasteiger charge is 2.10. The summed E-state index contributed by atoms with van der Waals surface area (Å²) < 4.78 is 25.2. The van der Waals surface area contributed by atoms with Gasteiger partial charge in [-0.3, -0.25) is 0 Å². The Balaban J connectivity index is 1.84. The van der Waals surface area contributed by atoms with Gasteiger partial charge in [0.05, 0.1) is 7.11 Å².